The number of ether oxygens (including phenoxy) is 2. The molecule has 262 valence electrons. The summed E-state index contributed by atoms with van der Waals surface area (Å²) in [7, 11) is 3.09. The van der Waals surface area contributed by atoms with Gasteiger partial charge in [0.15, 0.2) is 46.3 Å². The van der Waals surface area contributed by atoms with E-state index >= 15 is 8.78 Å². The smallest absolute Gasteiger partial charge is 0.231 e. The standard InChI is InChI=1S/C36H33F2N12O2/c1-16-13-39-18(3)33-42-31(44-49(16)33)23-12-22(23)28-30(38)48-15-20(10-26(52-6)36(48)41-28)47-14-17(2)50-34(19(47)4)43-32(45-50)24-11-21(24)27-29(37)46-9-7-8-25(51-5)35(46)40-27/h7-10,13-15,21-24H,11-12H2,1-6H3/q+1. The van der Waals surface area contributed by atoms with Crippen molar-refractivity contribution in [3.8, 4) is 17.2 Å². The zero-order valence-corrected chi connectivity index (χ0v) is 29.2. The Balaban J connectivity index is 0.987. The van der Waals surface area contributed by atoms with Crippen molar-refractivity contribution in [2.24, 2.45) is 0 Å². The average molecular weight is 704 g/mol. The Morgan fingerprint density at radius 1 is 0.731 bits per heavy atom. The van der Waals surface area contributed by atoms with Gasteiger partial charge in [0.25, 0.3) is 0 Å². The number of imidazole rings is 2. The minimum absolute atomic E-state index is 0.0505. The highest BCUT2D eigenvalue weighted by molar-refractivity contribution is 5.59. The molecular weight excluding hydrogens is 670 g/mol. The first-order valence-corrected chi connectivity index (χ1v) is 17.1. The normalized spacial score (nSPS) is 19.8. The van der Waals surface area contributed by atoms with Crippen LogP contribution in [0.15, 0.2) is 43.0 Å². The molecule has 8 aromatic rings. The summed E-state index contributed by atoms with van der Waals surface area (Å²) in [5, 5.41) is 9.56. The maximum atomic E-state index is 16.3. The highest BCUT2D eigenvalue weighted by Crippen LogP contribution is 2.55. The van der Waals surface area contributed by atoms with Gasteiger partial charge >= 0.3 is 0 Å². The maximum Gasteiger partial charge on any atom is 0.231 e. The Bertz CT molecular complexity index is 2760. The molecular formula is C36H33F2N12O2+. The molecule has 4 atom stereocenters. The Morgan fingerprint density at radius 2 is 1.35 bits per heavy atom. The van der Waals surface area contributed by atoms with E-state index in [2.05, 4.69) is 9.97 Å². The van der Waals surface area contributed by atoms with Crippen LogP contribution < -0.4 is 14.0 Å². The Labute approximate surface area is 294 Å². The molecule has 4 unspecified atom stereocenters. The third-order valence-corrected chi connectivity index (χ3v) is 10.6. The number of rotatable bonds is 7. The number of aryl methyl sites for hydroxylation is 4. The number of fused-ring (bicyclic) bond motifs is 4. The zero-order chi connectivity index (χ0) is 35.7. The molecule has 0 amide bonds. The molecule has 0 radical (unpaired) electrons. The first-order chi connectivity index (χ1) is 25.1. The molecule has 0 aromatic carbocycles. The zero-order valence-electron chi connectivity index (χ0n) is 29.2. The molecule has 0 aliphatic heterocycles. The Kier molecular flexibility index (Phi) is 6.34. The summed E-state index contributed by atoms with van der Waals surface area (Å²) in [6.07, 6.45) is 8.43. The van der Waals surface area contributed by atoms with Crippen LogP contribution in [-0.2, 0) is 0 Å². The summed E-state index contributed by atoms with van der Waals surface area (Å²) in [5.41, 5.74) is 6.86. The van der Waals surface area contributed by atoms with Crippen LogP contribution in [0.4, 0.5) is 8.78 Å². The lowest BCUT2D eigenvalue weighted by molar-refractivity contribution is -0.602. The minimum atomic E-state index is -0.446. The highest BCUT2D eigenvalue weighted by Gasteiger charge is 2.48. The van der Waals surface area contributed by atoms with Crippen molar-refractivity contribution in [3.63, 3.8) is 0 Å². The number of nitrogens with zero attached hydrogens (tertiary/aromatic N) is 12. The summed E-state index contributed by atoms with van der Waals surface area (Å²) in [5.74, 6) is 0.927. The molecule has 16 heteroatoms. The molecule has 52 heavy (non-hydrogen) atoms. The van der Waals surface area contributed by atoms with Gasteiger partial charge in [0.2, 0.25) is 28.9 Å². The van der Waals surface area contributed by atoms with E-state index in [1.54, 1.807) is 54.0 Å². The molecule has 14 nitrogen and oxygen atoms in total. The largest absolute Gasteiger partial charge is 0.493 e. The van der Waals surface area contributed by atoms with Crippen molar-refractivity contribution in [2.75, 3.05) is 14.2 Å². The van der Waals surface area contributed by atoms with E-state index < -0.39 is 11.9 Å². The minimum Gasteiger partial charge on any atom is -0.493 e. The fourth-order valence-corrected chi connectivity index (χ4v) is 7.55. The number of pyridine rings is 2. The van der Waals surface area contributed by atoms with Crippen LogP contribution in [0, 0.1) is 39.6 Å². The van der Waals surface area contributed by atoms with Gasteiger partial charge in [-0.3, -0.25) is 13.8 Å². The Morgan fingerprint density at radius 3 is 2.00 bits per heavy atom. The molecule has 0 spiro atoms. The number of halogens is 2. The van der Waals surface area contributed by atoms with Crippen LogP contribution in [-0.4, -0.2) is 67.2 Å². The second-order valence-electron chi connectivity index (χ2n) is 13.8. The van der Waals surface area contributed by atoms with Crippen molar-refractivity contribution >= 4 is 22.6 Å². The van der Waals surface area contributed by atoms with Crippen molar-refractivity contribution in [1.82, 2.24) is 52.9 Å². The lowest BCUT2D eigenvalue weighted by atomic mass is 10.2. The second kappa shape index (κ2) is 10.7. The fourth-order valence-electron chi connectivity index (χ4n) is 7.55. The molecule has 8 heterocycles. The molecule has 0 saturated heterocycles. The quantitative estimate of drug-likeness (QED) is 0.215. The molecule has 2 aliphatic rings. The van der Waals surface area contributed by atoms with Gasteiger partial charge in [-0.05, 0) is 45.7 Å². The lowest BCUT2D eigenvalue weighted by Crippen LogP contribution is -2.36. The summed E-state index contributed by atoms with van der Waals surface area (Å²) in [4.78, 5) is 23.4. The SMILES string of the molecule is COc1cc(-[n+]2cc(C)n3nc(C4CC4c4nc5c(OC)cccn5c4F)nc3c2C)cn2c(F)c(C3CC3c3nc4c(C)ncc(C)n4n3)nc12. The van der Waals surface area contributed by atoms with Crippen molar-refractivity contribution in [2.45, 2.75) is 64.2 Å². The summed E-state index contributed by atoms with van der Waals surface area (Å²) >= 11 is 0. The molecule has 10 rings (SSSR count). The Hall–Kier alpha value is -6.06. The highest BCUT2D eigenvalue weighted by atomic mass is 19.1. The monoisotopic (exact) mass is 703 g/mol. The van der Waals surface area contributed by atoms with E-state index in [1.807, 2.05) is 44.5 Å². The third-order valence-electron chi connectivity index (χ3n) is 10.6. The number of hydrogen-bond donors (Lipinski definition) is 0. The first kappa shape index (κ1) is 30.7. The van der Waals surface area contributed by atoms with Gasteiger partial charge < -0.3 is 9.47 Å². The summed E-state index contributed by atoms with van der Waals surface area (Å²) in [6.45, 7) is 7.71. The predicted octanol–water partition coefficient (Wildman–Crippen LogP) is 4.81. The van der Waals surface area contributed by atoms with Crippen LogP contribution in [0.25, 0.3) is 28.3 Å². The number of aromatic nitrogens is 12. The van der Waals surface area contributed by atoms with Gasteiger partial charge in [-0.15, -0.1) is 0 Å². The van der Waals surface area contributed by atoms with Crippen molar-refractivity contribution in [3.05, 3.63) is 101 Å². The van der Waals surface area contributed by atoms with Gasteiger partial charge in [0.1, 0.15) is 17.1 Å². The van der Waals surface area contributed by atoms with Crippen LogP contribution in [0.1, 0.15) is 82.3 Å². The van der Waals surface area contributed by atoms with Crippen molar-refractivity contribution in [1.29, 1.82) is 0 Å². The van der Waals surface area contributed by atoms with Gasteiger partial charge in [-0.2, -0.15) is 23.5 Å². The predicted molar refractivity (Wildman–Crippen MR) is 181 cm³/mol. The van der Waals surface area contributed by atoms with E-state index in [0.717, 1.165) is 22.8 Å². The number of hydrogen-bond acceptors (Lipinski definition) is 9. The van der Waals surface area contributed by atoms with E-state index in [0.29, 0.717) is 75.7 Å². The molecule has 2 aliphatic carbocycles. The second-order valence-corrected chi connectivity index (χ2v) is 13.8. The van der Waals surface area contributed by atoms with Gasteiger partial charge in [0.05, 0.1) is 37.9 Å². The molecule has 2 fully saturated rings. The first-order valence-electron chi connectivity index (χ1n) is 17.1. The third kappa shape index (κ3) is 4.32. The molecule has 8 aromatic heterocycles. The molecule has 2 saturated carbocycles. The fraction of sp³-hybridized carbons (Fsp3) is 0.333. The van der Waals surface area contributed by atoms with E-state index in [1.165, 1.54) is 8.80 Å². The topological polar surface area (TPSA) is 130 Å². The van der Waals surface area contributed by atoms with E-state index in [4.69, 9.17) is 34.6 Å². The van der Waals surface area contributed by atoms with Crippen LogP contribution in [0.2, 0.25) is 0 Å². The lowest BCUT2D eigenvalue weighted by Gasteiger charge is -2.07. The van der Waals surface area contributed by atoms with Crippen LogP contribution in [0.5, 0.6) is 11.5 Å². The summed E-state index contributed by atoms with van der Waals surface area (Å²) in [6, 6.07) is 5.33. The summed E-state index contributed by atoms with van der Waals surface area (Å²) < 4.78 is 51.3. The van der Waals surface area contributed by atoms with E-state index in [-0.39, 0.29) is 23.7 Å². The van der Waals surface area contributed by atoms with Crippen molar-refractivity contribution < 1.29 is 22.8 Å². The van der Waals surface area contributed by atoms with Gasteiger partial charge in [-0.1, -0.05) is 0 Å². The van der Waals surface area contributed by atoms with Crippen LogP contribution in [0.3, 0.4) is 0 Å². The molecule has 0 bridgehead atoms. The van der Waals surface area contributed by atoms with Gasteiger partial charge in [0, 0.05) is 43.0 Å². The average Bonchev–Trinajstić information content (AvgIpc) is 3.90. The maximum absolute atomic E-state index is 16.3. The molecule has 0 N–H and O–H groups in total. The van der Waals surface area contributed by atoms with Gasteiger partial charge in [-0.25, -0.2) is 29.0 Å². The van der Waals surface area contributed by atoms with Crippen LogP contribution >= 0.6 is 0 Å². The van der Waals surface area contributed by atoms with E-state index in [9.17, 15) is 0 Å². The number of methoxy groups -OCH3 is 2.